The Hall–Kier alpha value is -2.44. The number of carbonyl (C=O) groups excluding carboxylic acids is 3. The van der Waals surface area contributed by atoms with Gasteiger partial charge in [-0.3, -0.25) is 4.79 Å². The molecular formula is C16H18FNO5. The molecule has 1 aromatic carbocycles. The van der Waals surface area contributed by atoms with Gasteiger partial charge in [-0.25, -0.2) is 14.0 Å². The first-order valence-corrected chi connectivity index (χ1v) is 7.32. The molecule has 1 amide bonds. The van der Waals surface area contributed by atoms with Gasteiger partial charge in [0.05, 0.1) is 13.2 Å². The highest BCUT2D eigenvalue weighted by atomic mass is 19.1. The van der Waals surface area contributed by atoms with Gasteiger partial charge in [-0.2, -0.15) is 0 Å². The number of likely N-dealkylation sites (tertiary alicyclic amines) is 1. The number of carbonyl (C=O) groups is 3. The van der Waals surface area contributed by atoms with Crippen molar-refractivity contribution >= 4 is 17.8 Å². The van der Waals surface area contributed by atoms with E-state index in [9.17, 15) is 18.8 Å². The van der Waals surface area contributed by atoms with Crippen LogP contribution >= 0.6 is 0 Å². The Labute approximate surface area is 133 Å². The van der Waals surface area contributed by atoms with Crippen molar-refractivity contribution in [3.8, 4) is 0 Å². The van der Waals surface area contributed by atoms with E-state index in [1.165, 1.54) is 6.92 Å². The molecule has 1 atom stereocenters. The van der Waals surface area contributed by atoms with Gasteiger partial charge in [-0.1, -0.05) is 30.3 Å². The van der Waals surface area contributed by atoms with Crippen molar-refractivity contribution < 1.29 is 28.2 Å². The molecule has 23 heavy (non-hydrogen) atoms. The van der Waals surface area contributed by atoms with E-state index in [2.05, 4.69) is 4.74 Å². The fourth-order valence-electron chi connectivity index (χ4n) is 2.26. The number of esters is 1. The van der Waals surface area contributed by atoms with Crippen LogP contribution in [0.25, 0.3) is 0 Å². The molecule has 1 aromatic rings. The molecule has 0 N–H and O–H groups in total. The Morgan fingerprint density at radius 3 is 2.61 bits per heavy atom. The lowest BCUT2D eigenvalue weighted by atomic mass is 9.93. The minimum Gasteiger partial charge on any atom is -0.463 e. The van der Waals surface area contributed by atoms with E-state index in [1.807, 2.05) is 6.07 Å². The van der Waals surface area contributed by atoms with Gasteiger partial charge < -0.3 is 14.4 Å². The number of alkyl halides is 1. The van der Waals surface area contributed by atoms with Crippen molar-refractivity contribution in [2.24, 2.45) is 0 Å². The number of rotatable bonds is 4. The first kappa shape index (κ1) is 16.9. The molecule has 0 aromatic heterocycles. The second kappa shape index (κ2) is 7.21. The molecule has 6 nitrogen and oxygen atoms in total. The largest absolute Gasteiger partial charge is 0.463 e. The van der Waals surface area contributed by atoms with E-state index < -0.39 is 30.1 Å². The maximum atomic E-state index is 14.6. The zero-order chi connectivity index (χ0) is 16.9. The van der Waals surface area contributed by atoms with Crippen LogP contribution in [0, 0.1) is 0 Å². The maximum Gasteiger partial charge on any atom is 0.410 e. The number of Topliss-reactive ketones (excluding diaryl/α,β-unsaturated/α-hetero) is 1. The molecule has 0 bridgehead atoms. The van der Waals surface area contributed by atoms with E-state index in [-0.39, 0.29) is 26.2 Å². The average molecular weight is 323 g/mol. The van der Waals surface area contributed by atoms with Crippen molar-refractivity contribution in [1.29, 1.82) is 0 Å². The standard InChI is InChI=1S/C16H18FNO5/c1-2-22-14(20)16(17)11-18(9-8-13(16)19)15(21)23-10-12-6-4-3-5-7-12/h3-7H,2,8-11H2,1H3. The maximum absolute atomic E-state index is 14.6. The van der Waals surface area contributed by atoms with E-state index >= 15 is 0 Å². The summed E-state index contributed by atoms with van der Waals surface area (Å²) < 4.78 is 24.3. The van der Waals surface area contributed by atoms with Gasteiger partial charge in [0.15, 0.2) is 5.78 Å². The number of piperidine rings is 1. The van der Waals surface area contributed by atoms with E-state index in [0.717, 1.165) is 10.5 Å². The molecule has 0 aliphatic carbocycles. The van der Waals surface area contributed by atoms with E-state index in [1.54, 1.807) is 24.3 Å². The zero-order valence-electron chi connectivity index (χ0n) is 12.8. The first-order valence-electron chi connectivity index (χ1n) is 7.32. The second-order valence-corrected chi connectivity index (χ2v) is 5.16. The highest BCUT2D eigenvalue weighted by Crippen LogP contribution is 2.24. The molecule has 0 spiro atoms. The predicted octanol–water partition coefficient (Wildman–Crippen LogP) is 1.87. The number of nitrogens with zero attached hydrogens (tertiary/aromatic N) is 1. The highest BCUT2D eigenvalue weighted by molar-refractivity contribution is 6.08. The fraction of sp³-hybridized carbons (Fsp3) is 0.438. The lowest BCUT2D eigenvalue weighted by Gasteiger charge is -2.33. The van der Waals surface area contributed by atoms with Crippen molar-refractivity contribution in [3.05, 3.63) is 35.9 Å². The number of amides is 1. The Morgan fingerprint density at radius 1 is 1.26 bits per heavy atom. The number of hydrogen-bond donors (Lipinski definition) is 0. The van der Waals surface area contributed by atoms with Crippen LogP contribution in [-0.4, -0.2) is 48.1 Å². The molecular weight excluding hydrogens is 305 g/mol. The molecule has 2 rings (SSSR count). The molecule has 0 saturated carbocycles. The SMILES string of the molecule is CCOC(=O)C1(F)CN(C(=O)OCc2ccccc2)CCC1=O. The zero-order valence-corrected chi connectivity index (χ0v) is 12.8. The van der Waals surface area contributed by atoms with Crippen LogP contribution < -0.4 is 0 Å². The fourth-order valence-corrected chi connectivity index (χ4v) is 2.26. The van der Waals surface area contributed by atoms with Crippen LogP contribution in [0.3, 0.4) is 0 Å². The summed E-state index contributed by atoms with van der Waals surface area (Å²) in [7, 11) is 0. The van der Waals surface area contributed by atoms with Gasteiger partial charge in [0.1, 0.15) is 6.61 Å². The van der Waals surface area contributed by atoms with Gasteiger partial charge in [-0.05, 0) is 12.5 Å². The van der Waals surface area contributed by atoms with Gasteiger partial charge in [0.2, 0.25) is 0 Å². The molecule has 0 radical (unpaired) electrons. The second-order valence-electron chi connectivity index (χ2n) is 5.16. The minimum atomic E-state index is -2.82. The van der Waals surface area contributed by atoms with Crippen LogP contribution in [0.2, 0.25) is 0 Å². The van der Waals surface area contributed by atoms with Crippen LogP contribution in [0.5, 0.6) is 0 Å². The third kappa shape index (κ3) is 3.85. The first-order chi connectivity index (χ1) is 11.0. The lowest BCUT2D eigenvalue weighted by molar-refractivity contribution is -0.165. The number of halogens is 1. The van der Waals surface area contributed by atoms with Crippen LogP contribution in [0.1, 0.15) is 18.9 Å². The third-order valence-electron chi connectivity index (χ3n) is 3.52. The normalized spacial score (nSPS) is 21.0. The average Bonchev–Trinajstić information content (AvgIpc) is 2.56. The molecule has 1 saturated heterocycles. The van der Waals surface area contributed by atoms with Crippen molar-refractivity contribution in [1.82, 2.24) is 4.90 Å². The molecule has 1 aliphatic rings. The monoisotopic (exact) mass is 323 g/mol. The van der Waals surface area contributed by atoms with Crippen molar-refractivity contribution in [2.45, 2.75) is 25.6 Å². The number of ether oxygens (including phenoxy) is 2. The van der Waals surface area contributed by atoms with Crippen LogP contribution in [0.15, 0.2) is 30.3 Å². The van der Waals surface area contributed by atoms with Gasteiger partial charge in [0, 0.05) is 13.0 Å². The summed E-state index contributed by atoms with van der Waals surface area (Å²) in [6.07, 6.45) is -1.02. The van der Waals surface area contributed by atoms with Crippen molar-refractivity contribution in [2.75, 3.05) is 19.7 Å². The van der Waals surface area contributed by atoms with Crippen LogP contribution in [0.4, 0.5) is 9.18 Å². The van der Waals surface area contributed by atoms with E-state index in [0.29, 0.717) is 0 Å². The molecule has 1 fully saturated rings. The van der Waals surface area contributed by atoms with Gasteiger partial charge in [0.25, 0.3) is 5.67 Å². The summed E-state index contributed by atoms with van der Waals surface area (Å²) >= 11 is 0. The molecule has 1 unspecified atom stereocenters. The van der Waals surface area contributed by atoms with Crippen molar-refractivity contribution in [3.63, 3.8) is 0 Å². The third-order valence-corrected chi connectivity index (χ3v) is 3.52. The molecule has 1 heterocycles. The Kier molecular flexibility index (Phi) is 5.31. The summed E-state index contributed by atoms with van der Waals surface area (Å²) in [5.41, 5.74) is -2.04. The summed E-state index contributed by atoms with van der Waals surface area (Å²) in [6.45, 7) is 0.829. The summed E-state index contributed by atoms with van der Waals surface area (Å²) in [6, 6.07) is 9.00. The topological polar surface area (TPSA) is 72.9 Å². The Balaban J connectivity index is 1.98. The van der Waals surface area contributed by atoms with E-state index in [4.69, 9.17) is 4.74 Å². The van der Waals surface area contributed by atoms with Gasteiger partial charge in [-0.15, -0.1) is 0 Å². The number of hydrogen-bond acceptors (Lipinski definition) is 5. The highest BCUT2D eigenvalue weighted by Gasteiger charge is 2.52. The Morgan fingerprint density at radius 2 is 1.96 bits per heavy atom. The number of benzene rings is 1. The number of ketones is 1. The van der Waals surface area contributed by atoms with Gasteiger partial charge >= 0.3 is 12.1 Å². The quantitative estimate of drug-likeness (QED) is 0.625. The molecule has 7 heteroatoms. The minimum absolute atomic E-state index is 0.0114. The van der Waals surface area contributed by atoms with Crippen LogP contribution in [-0.2, 0) is 25.7 Å². The predicted molar refractivity (Wildman–Crippen MR) is 78.3 cm³/mol. The smallest absolute Gasteiger partial charge is 0.410 e. The lowest BCUT2D eigenvalue weighted by Crippen LogP contribution is -2.58. The molecule has 1 aliphatic heterocycles. The summed E-state index contributed by atoms with van der Waals surface area (Å²) in [4.78, 5) is 36.4. The summed E-state index contributed by atoms with van der Waals surface area (Å²) in [5.74, 6) is -2.13. The Bertz CT molecular complexity index is 591. The molecule has 124 valence electrons. The summed E-state index contributed by atoms with van der Waals surface area (Å²) in [5, 5.41) is 0.